The van der Waals surface area contributed by atoms with Crippen LogP contribution in [-0.2, 0) is 24.4 Å². The quantitative estimate of drug-likeness (QED) is 0.742. The first kappa shape index (κ1) is 16.9. The van der Waals surface area contributed by atoms with Gasteiger partial charge < -0.3 is 14.9 Å². The molecule has 4 rings (SSSR count). The highest BCUT2D eigenvalue weighted by molar-refractivity contribution is 5.84. The van der Waals surface area contributed by atoms with Gasteiger partial charge in [0.2, 0.25) is 5.91 Å². The van der Waals surface area contributed by atoms with E-state index in [4.69, 9.17) is 5.73 Å². The second-order valence-electron chi connectivity index (χ2n) is 7.10. The minimum atomic E-state index is -0.257. The van der Waals surface area contributed by atoms with Crippen LogP contribution in [0.1, 0.15) is 37.1 Å². The summed E-state index contributed by atoms with van der Waals surface area (Å²) < 4.78 is 4.55. The van der Waals surface area contributed by atoms with E-state index in [1.807, 2.05) is 0 Å². The van der Waals surface area contributed by atoms with Gasteiger partial charge in [0, 0.05) is 61.6 Å². The molecule has 3 aromatic rings. The second kappa shape index (κ2) is 7.00. The maximum Gasteiger partial charge on any atom is 0.219 e. The van der Waals surface area contributed by atoms with Crippen molar-refractivity contribution in [3.8, 4) is 0 Å². The van der Waals surface area contributed by atoms with Crippen molar-refractivity contribution in [2.75, 3.05) is 6.54 Å². The third-order valence-corrected chi connectivity index (χ3v) is 5.51. The Bertz CT molecular complexity index is 923. The molecule has 3 heterocycles. The SMILES string of the molecule is CC[C@@H]1c2cccn2CCN1Cc1cn(CCC(N)=O)c2ccccc12. The van der Waals surface area contributed by atoms with Crippen molar-refractivity contribution in [3.05, 3.63) is 60.0 Å². The first-order chi connectivity index (χ1) is 12.7. The van der Waals surface area contributed by atoms with E-state index in [2.05, 4.69) is 69.7 Å². The summed E-state index contributed by atoms with van der Waals surface area (Å²) in [5.41, 5.74) is 9.26. The van der Waals surface area contributed by atoms with Crippen molar-refractivity contribution in [2.24, 2.45) is 5.73 Å². The fourth-order valence-corrected chi connectivity index (χ4v) is 4.25. The molecule has 1 aromatic carbocycles. The molecule has 0 unspecified atom stereocenters. The molecule has 0 saturated heterocycles. The van der Waals surface area contributed by atoms with Crippen LogP contribution in [0.3, 0.4) is 0 Å². The molecule has 0 fully saturated rings. The highest BCUT2D eigenvalue weighted by Crippen LogP contribution is 2.32. The van der Waals surface area contributed by atoms with Gasteiger partial charge in [0.25, 0.3) is 0 Å². The van der Waals surface area contributed by atoms with Gasteiger partial charge in [0.1, 0.15) is 0 Å². The van der Waals surface area contributed by atoms with Gasteiger partial charge >= 0.3 is 0 Å². The molecule has 5 nitrogen and oxygen atoms in total. The fourth-order valence-electron chi connectivity index (χ4n) is 4.25. The van der Waals surface area contributed by atoms with Crippen LogP contribution in [0.5, 0.6) is 0 Å². The van der Waals surface area contributed by atoms with E-state index in [9.17, 15) is 4.79 Å². The van der Waals surface area contributed by atoms with Crippen molar-refractivity contribution >= 4 is 16.8 Å². The summed E-state index contributed by atoms with van der Waals surface area (Å²) >= 11 is 0. The molecule has 1 amide bonds. The van der Waals surface area contributed by atoms with Gasteiger partial charge in [0.05, 0.1) is 6.04 Å². The average molecular weight is 350 g/mol. The Kier molecular flexibility index (Phi) is 4.55. The number of para-hydroxylation sites is 1. The lowest BCUT2D eigenvalue weighted by atomic mass is 10.1. The zero-order valence-electron chi connectivity index (χ0n) is 15.3. The van der Waals surface area contributed by atoms with Gasteiger partial charge in [-0.3, -0.25) is 9.69 Å². The van der Waals surface area contributed by atoms with E-state index in [0.717, 1.165) is 26.1 Å². The number of fused-ring (bicyclic) bond motifs is 2. The van der Waals surface area contributed by atoms with Crippen LogP contribution < -0.4 is 5.73 Å². The second-order valence-corrected chi connectivity index (χ2v) is 7.10. The largest absolute Gasteiger partial charge is 0.370 e. The van der Waals surface area contributed by atoms with E-state index >= 15 is 0 Å². The maximum atomic E-state index is 11.2. The Hall–Kier alpha value is -2.53. The van der Waals surface area contributed by atoms with Gasteiger partial charge in [-0.2, -0.15) is 0 Å². The smallest absolute Gasteiger partial charge is 0.219 e. The molecule has 136 valence electrons. The number of benzene rings is 1. The zero-order chi connectivity index (χ0) is 18.1. The Balaban J connectivity index is 1.64. The molecule has 1 atom stereocenters. The maximum absolute atomic E-state index is 11.2. The van der Waals surface area contributed by atoms with Gasteiger partial charge in [0.15, 0.2) is 0 Å². The number of amides is 1. The van der Waals surface area contributed by atoms with Crippen LogP contribution in [0.2, 0.25) is 0 Å². The topological polar surface area (TPSA) is 56.2 Å². The predicted octanol–water partition coefficient (Wildman–Crippen LogP) is 3.29. The predicted molar refractivity (Wildman–Crippen MR) is 104 cm³/mol. The highest BCUT2D eigenvalue weighted by atomic mass is 16.1. The Morgan fingerprint density at radius 3 is 2.85 bits per heavy atom. The summed E-state index contributed by atoms with van der Waals surface area (Å²) in [5.74, 6) is -0.257. The van der Waals surface area contributed by atoms with E-state index in [0.29, 0.717) is 19.0 Å². The van der Waals surface area contributed by atoms with Gasteiger partial charge in [-0.25, -0.2) is 0 Å². The molecule has 2 N–H and O–H groups in total. The van der Waals surface area contributed by atoms with Crippen molar-refractivity contribution in [3.63, 3.8) is 0 Å². The number of carbonyl (C=O) groups is 1. The molecular formula is C21H26N4O. The Labute approximate surface area is 154 Å². The molecule has 1 aliphatic heterocycles. The lowest BCUT2D eigenvalue weighted by Gasteiger charge is -2.36. The van der Waals surface area contributed by atoms with Crippen molar-refractivity contribution in [1.82, 2.24) is 14.0 Å². The van der Waals surface area contributed by atoms with E-state index in [1.165, 1.54) is 22.2 Å². The summed E-state index contributed by atoms with van der Waals surface area (Å²) in [6, 6.07) is 13.3. The summed E-state index contributed by atoms with van der Waals surface area (Å²) in [4.78, 5) is 13.8. The molecule has 2 aromatic heterocycles. The Morgan fingerprint density at radius 2 is 2.04 bits per heavy atom. The molecule has 26 heavy (non-hydrogen) atoms. The van der Waals surface area contributed by atoms with Gasteiger partial charge in [-0.15, -0.1) is 0 Å². The van der Waals surface area contributed by atoms with E-state index < -0.39 is 0 Å². The van der Waals surface area contributed by atoms with E-state index in [1.54, 1.807) is 0 Å². The van der Waals surface area contributed by atoms with E-state index in [-0.39, 0.29) is 5.91 Å². The van der Waals surface area contributed by atoms with Crippen molar-refractivity contribution in [2.45, 2.75) is 45.4 Å². The third kappa shape index (κ3) is 3.03. The molecule has 0 radical (unpaired) electrons. The zero-order valence-corrected chi connectivity index (χ0v) is 15.3. The fraction of sp³-hybridized carbons (Fsp3) is 0.381. The minimum absolute atomic E-state index is 0.257. The molecule has 5 heteroatoms. The number of aryl methyl sites for hydroxylation is 1. The number of hydrogen-bond acceptors (Lipinski definition) is 2. The van der Waals surface area contributed by atoms with Crippen LogP contribution in [0.25, 0.3) is 10.9 Å². The van der Waals surface area contributed by atoms with Crippen LogP contribution in [-0.4, -0.2) is 26.5 Å². The number of aromatic nitrogens is 2. The molecule has 0 aliphatic carbocycles. The number of primary amides is 1. The lowest BCUT2D eigenvalue weighted by Crippen LogP contribution is -2.37. The Morgan fingerprint density at radius 1 is 1.19 bits per heavy atom. The van der Waals surface area contributed by atoms with Crippen LogP contribution in [0.15, 0.2) is 48.8 Å². The number of hydrogen-bond donors (Lipinski definition) is 1. The minimum Gasteiger partial charge on any atom is -0.370 e. The standard InChI is InChI=1S/C21H26N4O/c1-2-18-20-8-5-10-23(20)12-13-25(18)15-16-14-24(11-9-21(22)26)19-7-4-3-6-17(16)19/h3-8,10,14,18H,2,9,11-13,15H2,1H3,(H2,22,26)/t18-/m1/s1. The number of carbonyl (C=O) groups excluding carboxylic acids is 1. The van der Waals surface area contributed by atoms with Crippen molar-refractivity contribution < 1.29 is 4.79 Å². The number of nitrogens with two attached hydrogens (primary N) is 1. The molecule has 0 saturated carbocycles. The van der Waals surface area contributed by atoms with Gasteiger partial charge in [-0.05, 0) is 30.2 Å². The average Bonchev–Trinajstić information content (AvgIpc) is 3.25. The summed E-state index contributed by atoms with van der Waals surface area (Å²) in [7, 11) is 0. The normalized spacial score (nSPS) is 17.5. The monoisotopic (exact) mass is 350 g/mol. The molecule has 0 bridgehead atoms. The van der Waals surface area contributed by atoms with Crippen molar-refractivity contribution in [1.29, 1.82) is 0 Å². The number of rotatable bonds is 6. The molecule has 0 spiro atoms. The van der Waals surface area contributed by atoms with Crippen LogP contribution in [0.4, 0.5) is 0 Å². The first-order valence-corrected chi connectivity index (χ1v) is 9.41. The van der Waals surface area contributed by atoms with Crippen LogP contribution in [0, 0.1) is 0 Å². The summed E-state index contributed by atoms with van der Waals surface area (Å²) in [6.07, 6.45) is 5.86. The highest BCUT2D eigenvalue weighted by Gasteiger charge is 2.26. The molecular weight excluding hydrogens is 324 g/mol. The van der Waals surface area contributed by atoms with Crippen LogP contribution >= 0.6 is 0 Å². The molecule has 1 aliphatic rings. The lowest BCUT2D eigenvalue weighted by molar-refractivity contribution is -0.118. The third-order valence-electron chi connectivity index (χ3n) is 5.51. The first-order valence-electron chi connectivity index (χ1n) is 9.41. The summed E-state index contributed by atoms with van der Waals surface area (Å²) in [5, 5.41) is 1.27. The number of nitrogens with zero attached hydrogens (tertiary/aromatic N) is 3. The van der Waals surface area contributed by atoms with Gasteiger partial charge in [-0.1, -0.05) is 25.1 Å². The summed E-state index contributed by atoms with van der Waals surface area (Å²) in [6.45, 7) is 5.92.